The number of hydrogen-bond acceptors (Lipinski definition) is 6. The highest BCUT2D eigenvalue weighted by molar-refractivity contribution is 7.89. The van der Waals surface area contributed by atoms with Gasteiger partial charge in [0.05, 0.1) is 11.4 Å². The summed E-state index contributed by atoms with van der Waals surface area (Å²) in [5, 5.41) is 0.557. The highest BCUT2D eigenvalue weighted by atomic mass is 35.5. The molecule has 1 aliphatic rings. The number of hydrogen-bond donors (Lipinski definition) is 0. The Kier molecular flexibility index (Phi) is 8.91. The molecule has 9 heteroatoms. The summed E-state index contributed by atoms with van der Waals surface area (Å²) in [6.45, 7) is 12.7. The SMILES string of the molecule is Cc1cc(S(=O)(=O)N2CCCN(Cc3cc(=O)c(OCc4ccc(C(C)(C)C)cc4)co3)CC2)c(C)cc1Cl. The zero-order valence-electron chi connectivity index (χ0n) is 23.3. The predicted octanol–water partition coefficient (Wildman–Crippen LogP) is 5.68. The molecule has 2 aromatic carbocycles. The first kappa shape index (κ1) is 29.3. The molecule has 0 aliphatic carbocycles. The second kappa shape index (κ2) is 11.8. The molecule has 0 atom stereocenters. The van der Waals surface area contributed by atoms with Gasteiger partial charge in [-0.3, -0.25) is 9.69 Å². The fourth-order valence-corrected chi connectivity index (χ4v) is 6.61. The molecule has 0 spiro atoms. The molecule has 0 unspecified atom stereocenters. The van der Waals surface area contributed by atoms with E-state index < -0.39 is 10.0 Å². The van der Waals surface area contributed by atoms with Crippen molar-refractivity contribution >= 4 is 21.6 Å². The summed E-state index contributed by atoms with van der Waals surface area (Å²) in [6, 6.07) is 13.0. The van der Waals surface area contributed by atoms with Crippen LogP contribution in [0.5, 0.6) is 5.75 Å². The van der Waals surface area contributed by atoms with Crippen LogP contribution in [0.25, 0.3) is 0 Å². The maximum Gasteiger partial charge on any atom is 0.243 e. The lowest BCUT2D eigenvalue weighted by atomic mass is 9.87. The van der Waals surface area contributed by atoms with Crippen molar-refractivity contribution in [2.45, 2.75) is 64.5 Å². The largest absolute Gasteiger partial charge is 0.482 e. The van der Waals surface area contributed by atoms with E-state index in [4.69, 9.17) is 20.8 Å². The molecule has 7 nitrogen and oxygen atoms in total. The van der Waals surface area contributed by atoms with Gasteiger partial charge in [-0.15, -0.1) is 0 Å². The standard InChI is InChI=1S/C30H37ClN2O5S/c1-21-16-29(22(2)15-26(21)31)39(35,36)33-12-6-11-32(13-14-33)18-25-17-27(34)28(20-37-25)38-19-23-7-9-24(10-8-23)30(3,4)5/h7-10,15-17,20H,6,11-14,18-19H2,1-5H3. The Morgan fingerprint density at radius 1 is 0.974 bits per heavy atom. The molecular formula is C30H37ClN2O5S. The maximum atomic E-state index is 13.4. The van der Waals surface area contributed by atoms with E-state index in [2.05, 4.69) is 37.8 Å². The number of nitrogens with zero attached hydrogens (tertiary/aromatic N) is 2. The van der Waals surface area contributed by atoms with Gasteiger partial charge in [0.1, 0.15) is 18.6 Å². The third-order valence-electron chi connectivity index (χ3n) is 7.07. The van der Waals surface area contributed by atoms with Crippen LogP contribution >= 0.6 is 11.6 Å². The lowest BCUT2D eigenvalue weighted by Gasteiger charge is -2.22. The van der Waals surface area contributed by atoms with Gasteiger partial charge in [0, 0.05) is 30.7 Å². The minimum Gasteiger partial charge on any atom is -0.482 e. The van der Waals surface area contributed by atoms with E-state index in [1.807, 2.05) is 12.1 Å². The molecule has 0 bridgehead atoms. The fraction of sp³-hybridized carbons (Fsp3) is 0.433. The highest BCUT2D eigenvalue weighted by Crippen LogP contribution is 2.27. The van der Waals surface area contributed by atoms with Crippen molar-refractivity contribution in [2.24, 2.45) is 0 Å². The fourth-order valence-electron chi connectivity index (χ4n) is 4.63. The van der Waals surface area contributed by atoms with Gasteiger partial charge in [-0.05, 0) is 66.6 Å². The summed E-state index contributed by atoms with van der Waals surface area (Å²) < 4.78 is 39.8. The Morgan fingerprint density at radius 3 is 2.36 bits per heavy atom. The molecule has 0 saturated carbocycles. The zero-order valence-corrected chi connectivity index (χ0v) is 24.9. The normalized spacial score (nSPS) is 15.7. The van der Waals surface area contributed by atoms with E-state index in [1.54, 1.807) is 26.0 Å². The first-order chi connectivity index (χ1) is 18.3. The third kappa shape index (κ3) is 7.11. The summed E-state index contributed by atoms with van der Waals surface area (Å²) in [4.78, 5) is 15.1. The lowest BCUT2D eigenvalue weighted by molar-refractivity contribution is 0.245. The van der Waals surface area contributed by atoms with Gasteiger partial charge in [-0.1, -0.05) is 56.6 Å². The van der Waals surface area contributed by atoms with Crippen LogP contribution in [0.2, 0.25) is 5.02 Å². The van der Waals surface area contributed by atoms with Crippen LogP contribution in [0.4, 0.5) is 0 Å². The van der Waals surface area contributed by atoms with Crippen molar-refractivity contribution < 1.29 is 17.6 Å². The van der Waals surface area contributed by atoms with Crippen LogP contribution in [0.3, 0.4) is 0 Å². The third-order valence-corrected chi connectivity index (χ3v) is 9.52. The number of ether oxygens (including phenoxy) is 1. The van der Waals surface area contributed by atoms with E-state index in [1.165, 1.54) is 22.2 Å². The molecule has 2 heterocycles. The van der Waals surface area contributed by atoms with Crippen LogP contribution in [0.15, 0.2) is 62.8 Å². The van der Waals surface area contributed by atoms with E-state index in [9.17, 15) is 13.2 Å². The van der Waals surface area contributed by atoms with E-state index in [-0.39, 0.29) is 23.2 Å². The van der Waals surface area contributed by atoms with Crippen LogP contribution in [0.1, 0.15) is 55.2 Å². The topological polar surface area (TPSA) is 80.1 Å². The highest BCUT2D eigenvalue weighted by Gasteiger charge is 2.29. The second-order valence-corrected chi connectivity index (χ2v) is 13.5. The Bertz CT molecular complexity index is 1480. The summed E-state index contributed by atoms with van der Waals surface area (Å²) in [7, 11) is -3.65. The maximum absolute atomic E-state index is 13.4. The van der Waals surface area contributed by atoms with Crippen LogP contribution in [-0.4, -0.2) is 43.8 Å². The van der Waals surface area contributed by atoms with Gasteiger partial charge in [-0.2, -0.15) is 4.31 Å². The molecule has 210 valence electrons. The Hall–Kier alpha value is -2.65. The monoisotopic (exact) mass is 572 g/mol. The van der Waals surface area contributed by atoms with Gasteiger partial charge in [0.2, 0.25) is 21.2 Å². The molecule has 0 radical (unpaired) electrons. The van der Waals surface area contributed by atoms with Crippen molar-refractivity contribution in [3.63, 3.8) is 0 Å². The van der Waals surface area contributed by atoms with Crippen molar-refractivity contribution in [1.29, 1.82) is 0 Å². The van der Waals surface area contributed by atoms with E-state index >= 15 is 0 Å². The molecule has 1 aromatic heterocycles. The summed E-state index contributed by atoms with van der Waals surface area (Å²) in [6.07, 6.45) is 2.03. The van der Waals surface area contributed by atoms with Gasteiger partial charge in [0.25, 0.3) is 0 Å². The molecule has 1 aliphatic heterocycles. The van der Waals surface area contributed by atoms with E-state index in [0.717, 1.165) is 11.1 Å². The van der Waals surface area contributed by atoms with Crippen molar-refractivity contribution in [3.05, 3.63) is 92.0 Å². The van der Waals surface area contributed by atoms with Crippen molar-refractivity contribution in [1.82, 2.24) is 9.21 Å². The van der Waals surface area contributed by atoms with E-state index in [0.29, 0.717) is 60.4 Å². The number of halogens is 1. The molecule has 1 fully saturated rings. The average Bonchev–Trinajstić information content (AvgIpc) is 3.11. The Balaban J connectivity index is 1.36. The molecule has 1 saturated heterocycles. The smallest absolute Gasteiger partial charge is 0.243 e. The van der Waals surface area contributed by atoms with Crippen LogP contribution in [0, 0.1) is 13.8 Å². The Labute approximate surface area is 236 Å². The van der Waals surface area contributed by atoms with Crippen molar-refractivity contribution in [2.75, 3.05) is 26.2 Å². The quantitative estimate of drug-likeness (QED) is 0.362. The molecular weight excluding hydrogens is 536 g/mol. The zero-order chi connectivity index (χ0) is 28.4. The predicted molar refractivity (Wildman–Crippen MR) is 154 cm³/mol. The first-order valence-electron chi connectivity index (χ1n) is 13.2. The van der Waals surface area contributed by atoms with Crippen LogP contribution < -0.4 is 10.2 Å². The van der Waals surface area contributed by atoms with Gasteiger partial charge in [0.15, 0.2) is 0 Å². The lowest BCUT2D eigenvalue weighted by Crippen LogP contribution is -2.35. The molecule has 39 heavy (non-hydrogen) atoms. The molecule has 4 rings (SSSR count). The minimum absolute atomic E-state index is 0.0745. The summed E-state index contributed by atoms with van der Waals surface area (Å²) >= 11 is 6.18. The second-order valence-electron chi connectivity index (χ2n) is 11.2. The number of sulfonamides is 1. The minimum atomic E-state index is -3.65. The number of benzene rings is 2. The van der Waals surface area contributed by atoms with Gasteiger partial charge in [-0.25, -0.2) is 8.42 Å². The molecule has 0 amide bonds. The van der Waals surface area contributed by atoms with Gasteiger partial charge >= 0.3 is 0 Å². The number of aryl methyl sites for hydroxylation is 2. The molecule has 3 aromatic rings. The summed E-state index contributed by atoms with van der Waals surface area (Å²) in [5.41, 5.74) is 3.41. The summed E-state index contributed by atoms with van der Waals surface area (Å²) in [5.74, 6) is 0.683. The average molecular weight is 573 g/mol. The molecule has 0 N–H and O–H groups in total. The first-order valence-corrected chi connectivity index (χ1v) is 15.0. The van der Waals surface area contributed by atoms with Gasteiger partial charge < -0.3 is 9.15 Å². The Morgan fingerprint density at radius 2 is 1.69 bits per heavy atom. The van der Waals surface area contributed by atoms with Crippen molar-refractivity contribution in [3.8, 4) is 5.75 Å². The van der Waals surface area contributed by atoms with Crippen LogP contribution in [-0.2, 0) is 28.6 Å². The number of rotatable bonds is 7.